The van der Waals surface area contributed by atoms with Gasteiger partial charge in [0.15, 0.2) is 0 Å². The van der Waals surface area contributed by atoms with Crippen LogP contribution in [0, 0.1) is 0 Å². The summed E-state index contributed by atoms with van der Waals surface area (Å²) in [4.78, 5) is 31.7. The number of rotatable bonds is 19. The molecule has 0 aliphatic heterocycles. The summed E-state index contributed by atoms with van der Waals surface area (Å²) in [6, 6.07) is 15.6. The lowest BCUT2D eigenvalue weighted by molar-refractivity contribution is 0.169. The highest BCUT2D eigenvalue weighted by Gasteiger charge is 2.14. The molecule has 2 aromatic carbocycles. The van der Waals surface area contributed by atoms with Crippen molar-refractivity contribution in [3.63, 3.8) is 0 Å². The van der Waals surface area contributed by atoms with Gasteiger partial charge in [-0.2, -0.15) is 16.8 Å². The number of nitrogens with zero attached hydrogens (tertiary/aromatic N) is 4. The van der Waals surface area contributed by atoms with Crippen molar-refractivity contribution in [1.29, 1.82) is 0 Å². The normalized spacial score (nSPS) is 11.2. The van der Waals surface area contributed by atoms with E-state index in [0.29, 0.717) is 11.5 Å². The average molecular weight is 779 g/mol. The van der Waals surface area contributed by atoms with Crippen LogP contribution in [0.3, 0.4) is 0 Å². The summed E-state index contributed by atoms with van der Waals surface area (Å²) in [6.45, 7) is 9.90. The summed E-state index contributed by atoms with van der Waals surface area (Å²) in [6.07, 6.45) is 6.54. The van der Waals surface area contributed by atoms with Gasteiger partial charge >= 0.3 is 33.0 Å². The molecule has 2 rings (SSSR count). The van der Waals surface area contributed by atoms with Gasteiger partial charge in [-0.05, 0) is 51.2 Å². The smallest absolute Gasteiger partial charge is 0.410 e. The van der Waals surface area contributed by atoms with Gasteiger partial charge in [-0.1, -0.05) is 75.9 Å². The molecule has 2 aromatic rings. The van der Waals surface area contributed by atoms with Gasteiger partial charge in [0.05, 0.1) is 14.2 Å². The summed E-state index contributed by atoms with van der Waals surface area (Å²) in [5.41, 5.74) is 2.08. The van der Waals surface area contributed by atoms with Crippen molar-refractivity contribution in [3.8, 4) is 11.5 Å². The van der Waals surface area contributed by atoms with Gasteiger partial charge in [0, 0.05) is 52.4 Å². The largest absolute Gasteiger partial charge is 0.414 e. The van der Waals surface area contributed by atoms with Crippen LogP contribution in [-0.2, 0) is 42.3 Å². The molecule has 2 amide bonds. The van der Waals surface area contributed by atoms with E-state index in [0.717, 1.165) is 77.5 Å². The second-order valence-corrected chi connectivity index (χ2v) is 14.2. The van der Waals surface area contributed by atoms with Crippen LogP contribution >= 0.6 is 0 Å². The Morgan fingerprint density at radius 3 is 1.13 bits per heavy atom. The van der Waals surface area contributed by atoms with E-state index in [1.807, 2.05) is 48.5 Å². The van der Waals surface area contributed by atoms with Crippen LogP contribution in [0.25, 0.3) is 0 Å². The molecule has 52 heavy (non-hydrogen) atoms. The first-order valence-electron chi connectivity index (χ1n) is 16.8. The maximum absolute atomic E-state index is 12.0. The Morgan fingerprint density at radius 2 is 0.865 bits per heavy atom. The summed E-state index contributed by atoms with van der Waals surface area (Å²) >= 11 is 0. The van der Waals surface area contributed by atoms with Gasteiger partial charge in [-0.15, -0.1) is 0 Å². The Kier molecular flexibility index (Phi) is 24.7. The summed E-state index contributed by atoms with van der Waals surface area (Å²) in [5, 5.41) is 0. The Bertz CT molecular complexity index is 1410. The van der Waals surface area contributed by atoms with Crippen molar-refractivity contribution in [2.75, 3.05) is 68.6 Å². The summed E-state index contributed by atoms with van der Waals surface area (Å²) in [7, 11) is 0.180. The molecule has 0 fully saturated rings. The first-order valence-corrected chi connectivity index (χ1v) is 19.5. The van der Waals surface area contributed by atoms with Gasteiger partial charge in [0.25, 0.3) is 0 Å². The van der Waals surface area contributed by atoms with E-state index < -0.39 is 20.8 Å². The standard InChI is InChI=1S/C32H50N4O4.2CH4O4S/c1-7-35(25-27-19-13-15-21-29(27)39-31(37)33(3)4)23-17-11-9-10-12-18-24-36(8-2)26-28-20-14-16-22-30(28)40-32(38)34(5)6;2*1-5-6(2,3)4/h13-16,19-22H,7-12,17-18,23-26H2,1-6H3;2*1H3,(H,2,3,4). The minimum Gasteiger partial charge on any atom is -0.410 e. The molecular formula is C34H58N4O12S2. The van der Waals surface area contributed by atoms with Crippen molar-refractivity contribution in [3.05, 3.63) is 59.7 Å². The van der Waals surface area contributed by atoms with Crippen molar-refractivity contribution >= 4 is 33.0 Å². The maximum atomic E-state index is 12.0. The quantitative estimate of drug-likeness (QED) is 0.137. The van der Waals surface area contributed by atoms with Crippen molar-refractivity contribution in [2.24, 2.45) is 0 Å². The van der Waals surface area contributed by atoms with E-state index in [1.54, 1.807) is 28.2 Å². The lowest BCUT2D eigenvalue weighted by atomic mass is 10.1. The van der Waals surface area contributed by atoms with Crippen molar-refractivity contribution < 1.29 is 53.4 Å². The molecule has 298 valence electrons. The predicted molar refractivity (Wildman–Crippen MR) is 199 cm³/mol. The second-order valence-electron chi connectivity index (χ2n) is 11.8. The zero-order valence-electron chi connectivity index (χ0n) is 31.7. The molecule has 0 bridgehead atoms. The highest BCUT2D eigenvalue weighted by molar-refractivity contribution is 7.81. The third-order valence-electron chi connectivity index (χ3n) is 7.37. The lowest BCUT2D eigenvalue weighted by Crippen LogP contribution is -2.27. The number of unbranched alkanes of at least 4 members (excludes halogenated alkanes) is 5. The number of benzene rings is 2. The molecule has 0 aromatic heterocycles. The molecule has 0 aliphatic carbocycles. The Hall–Kier alpha value is -3.36. The molecule has 0 atom stereocenters. The third-order valence-corrected chi connectivity index (χ3v) is 8.21. The fourth-order valence-electron chi connectivity index (χ4n) is 4.40. The van der Waals surface area contributed by atoms with Crippen molar-refractivity contribution in [2.45, 2.75) is 65.5 Å². The topological polar surface area (TPSA) is 193 Å². The van der Waals surface area contributed by atoms with Gasteiger partial charge in [0.2, 0.25) is 0 Å². The van der Waals surface area contributed by atoms with E-state index in [1.165, 1.54) is 35.5 Å². The minimum absolute atomic E-state index is 0.354. The Morgan fingerprint density at radius 1 is 0.577 bits per heavy atom. The molecule has 16 nitrogen and oxygen atoms in total. The molecule has 0 radical (unpaired) electrons. The number of carbonyl (C=O) groups is 2. The van der Waals surface area contributed by atoms with Crippen LogP contribution < -0.4 is 9.47 Å². The monoisotopic (exact) mass is 778 g/mol. The van der Waals surface area contributed by atoms with Crippen molar-refractivity contribution in [1.82, 2.24) is 19.6 Å². The SMILES string of the molecule is CCN(CCCCCCCCN(CC)Cc1ccccc1OC(=O)N(C)C)Cc1ccccc1OC(=O)N(C)C.COS(=O)(=O)O.COS(=O)(=O)O. The van der Waals surface area contributed by atoms with Crippen LogP contribution in [0.1, 0.15) is 63.5 Å². The zero-order chi connectivity index (χ0) is 39.7. The van der Waals surface area contributed by atoms with Crippen LogP contribution in [0.2, 0.25) is 0 Å². The molecule has 0 heterocycles. The first kappa shape index (κ1) is 48.6. The highest BCUT2D eigenvalue weighted by Crippen LogP contribution is 2.22. The number of para-hydroxylation sites is 2. The molecular weight excluding hydrogens is 721 g/mol. The number of carbonyl (C=O) groups excluding carboxylic acids is 2. The first-order chi connectivity index (χ1) is 24.4. The van der Waals surface area contributed by atoms with E-state index in [4.69, 9.17) is 18.6 Å². The second kappa shape index (κ2) is 26.4. The molecule has 2 N–H and O–H groups in total. The molecule has 0 saturated heterocycles. The number of hydrogen-bond donors (Lipinski definition) is 2. The van der Waals surface area contributed by atoms with Crippen LogP contribution in [0.15, 0.2) is 48.5 Å². The molecule has 0 aliphatic rings. The predicted octanol–water partition coefficient (Wildman–Crippen LogP) is 5.36. The molecule has 0 unspecified atom stereocenters. The van der Waals surface area contributed by atoms with Gasteiger partial charge in [-0.3, -0.25) is 27.3 Å². The maximum Gasteiger partial charge on any atom is 0.414 e. The van der Waals surface area contributed by atoms with E-state index in [2.05, 4.69) is 32.0 Å². The number of hydrogen-bond acceptors (Lipinski definition) is 12. The molecule has 18 heteroatoms. The highest BCUT2D eigenvalue weighted by atomic mass is 32.3. The van der Waals surface area contributed by atoms with E-state index in [-0.39, 0.29) is 12.2 Å². The summed E-state index contributed by atoms with van der Waals surface area (Å²) in [5.74, 6) is 1.28. The molecule has 0 spiro atoms. The molecule has 0 saturated carbocycles. The average Bonchev–Trinajstić information content (AvgIpc) is 3.09. The van der Waals surface area contributed by atoms with E-state index >= 15 is 0 Å². The summed E-state index contributed by atoms with van der Waals surface area (Å²) < 4.78 is 70.5. The fourth-order valence-corrected chi connectivity index (χ4v) is 4.40. The van der Waals surface area contributed by atoms with E-state index in [9.17, 15) is 26.4 Å². The van der Waals surface area contributed by atoms with Gasteiger partial charge < -0.3 is 19.3 Å². The van der Waals surface area contributed by atoms with Gasteiger partial charge in [0.1, 0.15) is 11.5 Å². The number of ether oxygens (including phenoxy) is 2. The van der Waals surface area contributed by atoms with Crippen LogP contribution in [-0.4, -0.2) is 126 Å². The van der Waals surface area contributed by atoms with Crippen LogP contribution in [0.5, 0.6) is 11.5 Å². The fraction of sp³-hybridized carbons (Fsp3) is 0.588. The van der Waals surface area contributed by atoms with Crippen LogP contribution in [0.4, 0.5) is 9.59 Å². The lowest BCUT2D eigenvalue weighted by Gasteiger charge is -2.22. The third kappa shape index (κ3) is 24.0. The minimum atomic E-state index is -4.16. The Balaban J connectivity index is 0.00000185. The number of amides is 2. The Labute approximate surface area is 310 Å². The zero-order valence-corrected chi connectivity index (χ0v) is 33.3. The van der Waals surface area contributed by atoms with Gasteiger partial charge in [-0.25, -0.2) is 9.59 Å².